The van der Waals surface area contributed by atoms with E-state index in [0.717, 1.165) is 0 Å². The first-order chi connectivity index (χ1) is 0. The second-order valence-corrected chi connectivity index (χ2v) is 0. The third-order valence-electron chi connectivity index (χ3n) is 0. The van der Waals surface area contributed by atoms with E-state index in [1.807, 2.05) is 0 Å². The van der Waals surface area contributed by atoms with Crippen LogP contribution in [0.3, 0.4) is 0 Å². The molecule has 3 radical (unpaired) electrons. The van der Waals surface area contributed by atoms with Crippen LogP contribution < -0.4 is 0 Å². The predicted octanol–water partition coefficient (Wildman–Crippen LogP) is -1.19. The van der Waals surface area contributed by atoms with Crippen molar-refractivity contribution in [3.05, 3.63) is 0 Å². The molecule has 0 rings (SSSR count). The van der Waals surface area contributed by atoms with Crippen LogP contribution in [-0.4, -0.2) is 26.2 Å². The van der Waals surface area contributed by atoms with E-state index in [0.29, 0.717) is 0 Å². The normalized spacial score (nSPS) is 0. The van der Waals surface area contributed by atoms with Gasteiger partial charge in [-0.25, -0.2) is 0 Å². The molecule has 0 spiro atoms. The molecule has 0 aromatic rings. The molecule has 0 bridgehead atoms. The van der Waals surface area contributed by atoms with Gasteiger partial charge in [0.1, 0.15) is 0 Å². The Kier molecular flexibility index (Phi) is 197. The van der Waals surface area contributed by atoms with E-state index in [2.05, 4.69) is 0 Å². The molecule has 29 valence electrons. The van der Waals surface area contributed by atoms with Gasteiger partial charge in [-0.2, -0.15) is 0 Å². The Morgan fingerprint density at radius 3 is 0.500 bits per heavy atom. The van der Waals surface area contributed by atoms with Gasteiger partial charge in [-0.3, -0.25) is 0 Å². The van der Waals surface area contributed by atoms with E-state index >= 15 is 0 Å². The first-order valence-electron chi connectivity index (χ1n) is 0. The first kappa shape index (κ1) is 38.6. The van der Waals surface area contributed by atoms with Crippen LogP contribution in [0.4, 0.5) is 0 Å². The minimum atomic E-state index is 0. The van der Waals surface area contributed by atoms with Crippen molar-refractivity contribution in [2.75, 3.05) is 0 Å². The molecule has 0 atom stereocenters. The summed E-state index contributed by atoms with van der Waals surface area (Å²) in [5.74, 6) is 0. The molecule has 0 heterocycles. The van der Waals surface area contributed by atoms with Crippen LogP contribution in [0.2, 0.25) is 0 Å². The van der Waals surface area contributed by atoms with E-state index in [-0.39, 0.29) is 66.7 Å². The molecule has 0 aromatic heterocycles. The second kappa shape index (κ2) is 20.4. The van der Waals surface area contributed by atoms with E-state index in [4.69, 9.17) is 0 Å². The predicted molar refractivity (Wildman–Crippen MR) is 32.0 cm³/mol. The molecule has 0 nitrogen and oxygen atoms in total. The Morgan fingerprint density at radius 2 is 0.500 bits per heavy atom. The third kappa shape index (κ3) is 9.05. The fourth-order valence-corrected chi connectivity index (χ4v) is 0. The zero-order chi connectivity index (χ0) is 0. The fraction of sp³-hybridized carbons (Fsp3) is 0. The molecule has 0 aliphatic rings. The van der Waals surface area contributed by atoms with Crippen molar-refractivity contribution in [1.82, 2.24) is 0 Å². The number of hydrogen-bond donors (Lipinski definition) is 0. The summed E-state index contributed by atoms with van der Waals surface area (Å²) in [5.41, 5.74) is 0. The molecular weight excluding hydrogens is 305 g/mol. The van der Waals surface area contributed by atoms with E-state index in [9.17, 15) is 0 Å². The fourth-order valence-electron chi connectivity index (χ4n) is 0. The summed E-state index contributed by atoms with van der Waals surface area (Å²) < 4.78 is 0. The molecule has 0 aromatic carbocycles. The Balaban J connectivity index is 0. The van der Waals surface area contributed by atoms with E-state index < -0.39 is 0 Å². The maximum Gasteiger partial charge on any atom is 0 e. The maximum atomic E-state index is 0. The first-order valence-corrected chi connectivity index (χ1v) is 0. The molecule has 4 heavy (non-hydrogen) atoms. The van der Waals surface area contributed by atoms with Crippen LogP contribution in [0.15, 0.2) is 0 Å². The molecule has 0 saturated heterocycles. The quantitative estimate of drug-likeness (QED) is 0.314. The van der Waals surface area contributed by atoms with Crippen LogP contribution in [0.25, 0.3) is 0 Å². The second-order valence-electron chi connectivity index (χ2n) is 0. The molecular formula is H3BiS3-3. The van der Waals surface area contributed by atoms with Crippen molar-refractivity contribution in [3.63, 3.8) is 0 Å². The van der Waals surface area contributed by atoms with E-state index in [1.54, 1.807) is 0 Å². The Morgan fingerprint density at radius 1 is 0.500 bits per heavy atom. The molecule has 0 N–H and O–H groups in total. The van der Waals surface area contributed by atoms with Gasteiger partial charge >= 0.3 is 0 Å². The van der Waals surface area contributed by atoms with Gasteiger partial charge in [0.2, 0.25) is 0 Å². The maximum absolute atomic E-state index is 0. The molecule has 0 aliphatic carbocycles. The largest absolute Gasteiger partial charge is 0.813 e. The van der Waals surface area contributed by atoms with Crippen molar-refractivity contribution in [2.24, 2.45) is 0 Å². The Bertz CT molecular complexity index is 3.25. The van der Waals surface area contributed by atoms with Crippen molar-refractivity contribution < 1.29 is 0 Å². The van der Waals surface area contributed by atoms with Gasteiger partial charge in [-0.15, -0.1) is 0 Å². The van der Waals surface area contributed by atoms with Crippen molar-refractivity contribution in [1.29, 1.82) is 0 Å². The van der Waals surface area contributed by atoms with Gasteiger partial charge in [0.15, 0.2) is 0 Å². The molecule has 0 unspecified atom stereocenters. The van der Waals surface area contributed by atoms with Crippen LogP contribution in [0, 0.1) is 0 Å². The topological polar surface area (TPSA) is 0 Å². The molecule has 0 amide bonds. The van der Waals surface area contributed by atoms with E-state index in [1.165, 1.54) is 0 Å². The summed E-state index contributed by atoms with van der Waals surface area (Å²) in [6, 6.07) is 0. The molecule has 0 aliphatic heterocycles. The Labute approximate surface area is 66.2 Å². The monoisotopic (exact) mass is 308 g/mol. The van der Waals surface area contributed by atoms with Crippen LogP contribution in [-0.2, 0) is 40.5 Å². The summed E-state index contributed by atoms with van der Waals surface area (Å²) in [7, 11) is 0. The number of hydrogen-bond acceptors (Lipinski definition) is 3. The standard InChI is InChI=1S/Bi.3H2S/h;3*1H2/p-3. The van der Waals surface area contributed by atoms with Crippen LogP contribution in [0.1, 0.15) is 0 Å². The van der Waals surface area contributed by atoms with Gasteiger partial charge in [0.25, 0.3) is 0 Å². The van der Waals surface area contributed by atoms with Crippen molar-refractivity contribution in [2.45, 2.75) is 0 Å². The summed E-state index contributed by atoms with van der Waals surface area (Å²) in [5, 5.41) is 0. The van der Waals surface area contributed by atoms with Crippen LogP contribution in [0.5, 0.6) is 0 Å². The summed E-state index contributed by atoms with van der Waals surface area (Å²) in [4.78, 5) is 0. The molecule has 0 saturated carbocycles. The number of rotatable bonds is 0. The number of thiol groups is 3. The minimum Gasteiger partial charge on any atom is -0.813 e. The van der Waals surface area contributed by atoms with Crippen molar-refractivity contribution >= 4 is 66.7 Å². The van der Waals surface area contributed by atoms with Gasteiger partial charge in [0.05, 0.1) is 0 Å². The van der Waals surface area contributed by atoms with Gasteiger partial charge in [-0.1, -0.05) is 0 Å². The SMILES string of the molecule is [Bi].[SH-].[SH-].[SH-]. The zero-order valence-electron chi connectivity index (χ0n) is 1.79. The summed E-state index contributed by atoms with van der Waals surface area (Å²) >= 11 is 0. The molecule has 4 heteroatoms. The smallest absolute Gasteiger partial charge is 0 e. The summed E-state index contributed by atoms with van der Waals surface area (Å²) in [6.07, 6.45) is 0. The average Bonchev–Trinajstić information content (AvgIpc) is 0. The van der Waals surface area contributed by atoms with Gasteiger partial charge in [-0.05, 0) is 0 Å². The third-order valence-corrected chi connectivity index (χ3v) is 0. The van der Waals surface area contributed by atoms with Crippen molar-refractivity contribution in [3.8, 4) is 0 Å². The average molecular weight is 308 g/mol. The van der Waals surface area contributed by atoms with Crippen LogP contribution >= 0.6 is 0 Å². The summed E-state index contributed by atoms with van der Waals surface area (Å²) in [6.45, 7) is 0. The molecule has 0 fully saturated rings. The zero-order valence-corrected chi connectivity index (χ0v) is 7.95. The minimum absolute atomic E-state index is 0. The van der Waals surface area contributed by atoms with Gasteiger partial charge in [0, 0.05) is 26.2 Å². The Hall–Kier alpha value is 1.93. The van der Waals surface area contributed by atoms with Gasteiger partial charge < -0.3 is 40.5 Å².